The Hall–Kier alpha value is -0.900. The van der Waals surface area contributed by atoms with Crippen LogP contribution in [0.15, 0.2) is 0 Å². The lowest BCUT2D eigenvalue weighted by Crippen LogP contribution is -2.25. The van der Waals surface area contributed by atoms with Gasteiger partial charge in [0.1, 0.15) is 5.82 Å². The zero-order valence-corrected chi connectivity index (χ0v) is 11.7. The molecule has 0 aliphatic carbocycles. The van der Waals surface area contributed by atoms with Crippen LogP contribution in [-0.2, 0) is 19.4 Å². The molecule has 0 aliphatic rings. The third kappa shape index (κ3) is 4.46. The van der Waals surface area contributed by atoms with E-state index in [1.54, 1.807) is 0 Å². The highest BCUT2D eigenvalue weighted by atomic mass is 15.3. The van der Waals surface area contributed by atoms with Crippen molar-refractivity contribution < 1.29 is 0 Å². The van der Waals surface area contributed by atoms with Gasteiger partial charge in [0.15, 0.2) is 5.82 Å². The molecule has 0 radical (unpaired) electrons. The predicted molar refractivity (Wildman–Crippen MR) is 71.1 cm³/mol. The number of rotatable bonds is 8. The molecule has 0 aromatic carbocycles. The van der Waals surface area contributed by atoms with E-state index in [0.29, 0.717) is 5.92 Å². The summed E-state index contributed by atoms with van der Waals surface area (Å²) in [6.45, 7) is 11.8. The number of nitrogens with one attached hydrogen (secondary N) is 1. The summed E-state index contributed by atoms with van der Waals surface area (Å²) in [7, 11) is 0. The molecule has 1 aromatic rings. The second-order valence-corrected chi connectivity index (χ2v) is 4.64. The van der Waals surface area contributed by atoms with Crippen molar-refractivity contribution in [1.82, 2.24) is 20.1 Å². The van der Waals surface area contributed by atoms with Crippen LogP contribution in [0.4, 0.5) is 0 Å². The molecule has 0 saturated carbocycles. The Morgan fingerprint density at radius 2 is 2.00 bits per heavy atom. The van der Waals surface area contributed by atoms with Crippen LogP contribution in [0.5, 0.6) is 0 Å². The van der Waals surface area contributed by atoms with Gasteiger partial charge in [0, 0.05) is 19.4 Å². The van der Waals surface area contributed by atoms with E-state index < -0.39 is 0 Å². The monoisotopic (exact) mass is 238 g/mol. The highest BCUT2D eigenvalue weighted by Crippen LogP contribution is 2.05. The first-order valence-corrected chi connectivity index (χ1v) is 6.84. The molecule has 4 heteroatoms. The van der Waals surface area contributed by atoms with Crippen LogP contribution in [0.25, 0.3) is 0 Å². The van der Waals surface area contributed by atoms with Gasteiger partial charge in [-0.05, 0) is 25.4 Å². The molecular formula is C13H26N4. The maximum atomic E-state index is 4.55. The largest absolute Gasteiger partial charge is 0.316 e. The van der Waals surface area contributed by atoms with Crippen molar-refractivity contribution in [3.05, 3.63) is 11.6 Å². The Morgan fingerprint density at radius 1 is 1.24 bits per heavy atom. The van der Waals surface area contributed by atoms with Gasteiger partial charge >= 0.3 is 0 Å². The second kappa shape index (κ2) is 7.43. The maximum Gasteiger partial charge on any atom is 0.150 e. The van der Waals surface area contributed by atoms with Crippen molar-refractivity contribution in [2.24, 2.45) is 5.92 Å². The predicted octanol–water partition coefficient (Wildman–Crippen LogP) is 2.04. The van der Waals surface area contributed by atoms with Crippen LogP contribution in [0.1, 0.15) is 45.8 Å². The Kier molecular flexibility index (Phi) is 6.19. The van der Waals surface area contributed by atoms with Gasteiger partial charge in [0.05, 0.1) is 0 Å². The fourth-order valence-electron chi connectivity index (χ4n) is 1.87. The number of aryl methyl sites for hydroxylation is 2. The third-order valence-electron chi connectivity index (χ3n) is 2.83. The van der Waals surface area contributed by atoms with Crippen molar-refractivity contribution in [2.45, 2.75) is 53.5 Å². The molecule has 0 saturated heterocycles. The van der Waals surface area contributed by atoms with Crippen LogP contribution >= 0.6 is 0 Å². The van der Waals surface area contributed by atoms with Gasteiger partial charge < -0.3 is 5.32 Å². The lowest BCUT2D eigenvalue weighted by molar-refractivity contribution is 0.412. The van der Waals surface area contributed by atoms with Crippen molar-refractivity contribution in [2.75, 3.05) is 13.1 Å². The average molecular weight is 238 g/mol. The third-order valence-corrected chi connectivity index (χ3v) is 2.83. The average Bonchev–Trinajstić information content (AvgIpc) is 2.71. The van der Waals surface area contributed by atoms with E-state index in [-0.39, 0.29) is 0 Å². The normalized spacial score (nSPS) is 12.9. The topological polar surface area (TPSA) is 42.7 Å². The Labute approximate surface area is 105 Å². The first-order chi connectivity index (χ1) is 8.21. The zero-order valence-electron chi connectivity index (χ0n) is 11.7. The van der Waals surface area contributed by atoms with E-state index in [4.69, 9.17) is 0 Å². The number of nitrogens with zero attached hydrogens (tertiary/aromatic N) is 3. The second-order valence-electron chi connectivity index (χ2n) is 4.64. The van der Waals surface area contributed by atoms with E-state index in [0.717, 1.165) is 44.1 Å². The summed E-state index contributed by atoms with van der Waals surface area (Å²) in [5, 5.41) is 8.00. The summed E-state index contributed by atoms with van der Waals surface area (Å²) in [6.07, 6.45) is 3.07. The minimum Gasteiger partial charge on any atom is -0.316 e. The van der Waals surface area contributed by atoms with Crippen LogP contribution in [0.3, 0.4) is 0 Å². The molecule has 98 valence electrons. The standard InChI is InChI=1S/C13H26N4/c1-5-8-14-9-11(4)10-17-13(7-3)15-12(6-2)16-17/h11,14H,5-10H2,1-4H3. The Morgan fingerprint density at radius 3 is 2.59 bits per heavy atom. The number of hydrogen-bond donors (Lipinski definition) is 1. The Balaban J connectivity index is 2.51. The van der Waals surface area contributed by atoms with Gasteiger partial charge in [-0.2, -0.15) is 5.10 Å². The smallest absolute Gasteiger partial charge is 0.150 e. The molecule has 1 unspecified atom stereocenters. The van der Waals surface area contributed by atoms with Crippen LogP contribution in [-0.4, -0.2) is 27.9 Å². The molecule has 0 fully saturated rings. The van der Waals surface area contributed by atoms with Crippen molar-refractivity contribution in [3.63, 3.8) is 0 Å². The molecule has 0 amide bonds. The van der Waals surface area contributed by atoms with Gasteiger partial charge in [-0.15, -0.1) is 0 Å². The lowest BCUT2D eigenvalue weighted by atomic mass is 10.2. The fraction of sp³-hybridized carbons (Fsp3) is 0.846. The first kappa shape index (κ1) is 14.2. The summed E-state index contributed by atoms with van der Waals surface area (Å²) < 4.78 is 2.08. The minimum atomic E-state index is 0.596. The van der Waals surface area contributed by atoms with E-state index in [1.165, 1.54) is 6.42 Å². The van der Waals surface area contributed by atoms with E-state index in [9.17, 15) is 0 Å². The molecule has 1 N–H and O–H groups in total. The summed E-state index contributed by atoms with van der Waals surface area (Å²) in [5.74, 6) is 2.68. The molecule has 1 heterocycles. The SMILES string of the molecule is CCCNCC(C)Cn1nc(CC)nc1CC. The molecule has 1 rings (SSSR count). The number of hydrogen-bond acceptors (Lipinski definition) is 3. The van der Waals surface area contributed by atoms with Crippen molar-refractivity contribution in [1.29, 1.82) is 0 Å². The summed E-state index contributed by atoms with van der Waals surface area (Å²) in [5.41, 5.74) is 0. The molecule has 0 spiro atoms. The maximum absolute atomic E-state index is 4.55. The summed E-state index contributed by atoms with van der Waals surface area (Å²) in [6, 6.07) is 0. The lowest BCUT2D eigenvalue weighted by Gasteiger charge is -2.13. The minimum absolute atomic E-state index is 0.596. The highest BCUT2D eigenvalue weighted by Gasteiger charge is 2.10. The van der Waals surface area contributed by atoms with E-state index in [2.05, 4.69) is 47.8 Å². The van der Waals surface area contributed by atoms with E-state index >= 15 is 0 Å². The van der Waals surface area contributed by atoms with Gasteiger partial charge in [0.25, 0.3) is 0 Å². The number of aromatic nitrogens is 3. The van der Waals surface area contributed by atoms with Crippen LogP contribution in [0.2, 0.25) is 0 Å². The highest BCUT2D eigenvalue weighted by molar-refractivity contribution is 4.92. The molecule has 1 atom stereocenters. The van der Waals surface area contributed by atoms with Crippen LogP contribution in [0, 0.1) is 5.92 Å². The fourth-order valence-corrected chi connectivity index (χ4v) is 1.87. The quantitative estimate of drug-likeness (QED) is 0.705. The first-order valence-electron chi connectivity index (χ1n) is 6.84. The summed E-state index contributed by atoms with van der Waals surface area (Å²) in [4.78, 5) is 4.53. The van der Waals surface area contributed by atoms with Crippen molar-refractivity contribution in [3.8, 4) is 0 Å². The van der Waals surface area contributed by atoms with Gasteiger partial charge in [-0.3, -0.25) is 0 Å². The van der Waals surface area contributed by atoms with Crippen LogP contribution < -0.4 is 5.32 Å². The van der Waals surface area contributed by atoms with Crippen molar-refractivity contribution >= 4 is 0 Å². The Bertz CT molecular complexity index is 319. The molecule has 17 heavy (non-hydrogen) atoms. The molecular weight excluding hydrogens is 212 g/mol. The van der Waals surface area contributed by atoms with Gasteiger partial charge in [-0.1, -0.05) is 27.7 Å². The van der Waals surface area contributed by atoms with Gasteiger partial charge in [0.2, 0.25) is 0 Å². The zero-order chi connectivity index (χ0) is 12.7. The van der Waals surface area contributed by atoms with E-state index in [1.807, 2.05) is 0 Å². The molecule has 0 bridgehead atoms. The molecule has 1 aromatic heterocycles. The van der Waals surface area contributed by atoms with Gasteiger partial charge in [-0.25, -0.2) is 9.67 Å². The molecule has 4 nitrogen and oxygen atoms in total. The molecule has 0 aliphatic heterocycles. The summed E-state index contributed by atoms with van der Waals surface area (Å²) >= 11 is 0.